The van der Waals surface area contributed by atoms with Crippen LogP contribution < -0.4 is 5.32 Å². The van der Waals surface area contributed by atoms with Gasteiger partial charge in [0.15, 0.2) is 0 Å². The van der Waals surface area contributed by atoms with Crippen molar-refractivity contribution in [3.8, 4) is 0 Å². The molecule has 144 valence electrons. The summed E-state index contributed by atoms with van der Waals surface area (Å²) in [7, 11) is 1.78. The van der Waals surface area contributed by atoms with Crippen LogP contribution in [-0.4, -0.2) is 34.8 Å². The van der Waals surface area contributed by atoms with Crippen LogP contribution in [0.1, 0.15) is 26.4 Å². The van der Waals surface area contributed by atoms with Crippen LogP contribution in [0.2, 0.25) is 10.0 Å². The van der Waals surface area contributed by atoms with Crippen molar-refractivity contribution < 1.29 is 19.4 Å². The average molecular weight is 419 g/mol. The van der Waals surface area contributed by atoms with Gasteiger partial charge in [0, 0.05) is 18.0 Å². The monoisotopic (exact) mass is 418 g/mol. The highest BCUT2D eigenvalue weighted by Gasteiger charge is 2.42. The molecule has 28 heavy (non-hydrogen) atoms. The van der Waals surface area contributed by atoms with E-state index < -0.39 is 11.5 Å². The Hall–Kier alpha value is -2.54. The summed E-state index contributed by atoms with van der Waals surface area (Å²) in [6.45, 7) is 0.614. The van der Waals surface area contributed by atoms with E-state index in [1.807, 2.05) is 6.07 Å². The molecule has 1 aliphatic rings. The molecule has 8 heteroatoms. The largest absolute Gasteiger partial charge is 0.478 e. The summed E-state index contributed by atoms with van der Waals surface area (Å²) in [5.41, 5.74) is 1.51. The number of nitrogens with one attached hydrogen (secondary N) is 1. The number of benzene rings is 2. The summed E-state index contributed by atoms with van der Waals surface area (Å²) >= 11 is 12.4. The molecule has 6 nitrogen and oxygen atoms in total. The zero-order chi connectivity index (χ0) is 20.1. The molecule has 2 N–H and O–H groups in total. The number of carboxylic acids is 1. The van der Waals surface area contributed by atoms with E-state index in [-0.39, 0.29) is 11.5 Å². The van der Waals surface area contributed by atoms with Gasteiger partial charge in [0.05, 0.1) is 28.8 Å². The van der Waals surface area contributed by atoms with Crippen molar-refractivity contribution in [2.45, 2.75) is 5.54 Å². The van der Waals surface area contributed by atoms with Gasteiger partial charge in [0.2, 0.25) is 0 Å². The molecule has 2 heterocycles. The number of aryl methyl sites for hydroxylation is 1. The molecule has 2 aromatic carbocycles. The highest BCUT2D eigenvalue weighted by Crippen LogP contribution is 2.34. The lowest BCUT2D eigenvalue weighted by molar-refractivity contribution is -0.0734. The molecular weight excluding hydrogens is 403 g/mol. The molecule has 1 aromatic heterocycles. The predicted octanol–water partition coefficient (Wildman–Crippen LogP) is 3.84. The second kappa shape index (κ2) is 6.81. The van der Waals surface area contributed by atoms with Gasteiger partial charge in [-0.05, 0) is 35.9 Å². The van der Waals surface area contributed by atoms with E-state index in [2.05, 4.69) is 5.32 Å². The number of halogens is 2. The Morgan fingerprint density at radius 2 is 1.82 bits per heavy atom. The molecule has 1 aliphatic heterocycles. The third kappa shape index (κ3) is 2.94. The smallest absolute Gasteiger partial charge is 0.335 e. The number of ether oxygens (including phenoxy) is 1. The molecule has 4 rings (SSSR count). The fourth-order valence-corrected chi connectivity index (χ4v) is 3.78. The van der Waals surface area contributed by atoms with Crippen molar-refractivity contribution in [2.75, 3.05) is 13.2 Å². The van der Waals surface area contributed by atoms with Crippen molar-refractivity contribution in [3.05, 3.63) is 69.3 Å². The first-order chi connectivity index (χ1) is 13.3. The number of rotatable bonds is 4. The van der Waals surface area contributed by atoms with Crippen molar-refractivity contribution >= 4 is 46.0 Å². The van der Waals surface area contributed by atoms with Crippen LogP contribution in [0.4, 0.5) is 0 Å². The molecule has 0 bridgehead atoms. The topological polar surface area (TPSA) is 80.6 Å². The van der Waals surface area contributed by atoms with Gasteiger partial charge >= 0.3 is 5.97 Å². The molecule has 0 unspecified atom stereocenters. The third-order valence-electron chi connectivity index (χ3n) is 5.08. The van der Waals surface area contributed by atoms with Crippen molar-refractivity contribution in [2.24, 2.45) is 7.05 Å². The minimum Gasteiger partial charge on any atom is -0.478 e. The lowest BCUT2D eigenvalue weighted by Gasteiger charge is -2.42. The zero-order valence-electron chi connectivity index (χ0n) is 14.8. The maximum atomic E-state index is 13.0. The van der Waals surface area contributed by atoms with Crippen LogP contribution >= 0.6 is 23.2 Å². The summed E-state index contributed by atoms with van der Waals surface area (Å²) in [6.07, 6.45) is 0. The summed E-state index contributed by atoms with van der Waals surface area (Å²) in [5.74, 6) is -1.28. The Morgan fingerprint density at radius 3 is 2.39 bits per heavy atom. The molecule has 0 spiro atoms. The number of nitrogens with zero attached hydrogens (tertiary/aromatic N) is 1. The molecule has 1 amide bonds. The number of carboxylic acid groups (broad SMARTS) is 1. The molecule has 0 aliphatic carbocycles. The summed E-state index contributed by atoms with van der Waals surface area (Å²) in [6, 6.07) is 11.6. The van der Waals surface area contributed by atoms with Gasteiger partial charge in [0.1, 0.15) is 11.2 Å². The van der Waals surface area contributed by atoms with Gasteiger partial charge in [-0.2, -0.15) is 0 Å². The Kier molecular flexibility index (Phi) is 4.57. The fourth-order valence-electron chi connectivity index (χ4n) is 3.40. The minimum absolute atomic E-state index is 0.186. The van der Waals surface area contributed by atoms with Gasteiger partial charge in [-0.3, -0.25) is 4.79 Å². The van der Waals surface area contributed by atoms with E-state index in [0.717, 1.165) is 11.1 Å². The van der Waals surface area contributed by atoms with Crippen LogP contribution in [0.3, 0.4) is 0 Å². The summed E-state index contributed by atoms with van der Waals surface area (Å²) in [5, 5.41) is 13.6. The van der Waals surface area contributed by atoms with E-state index in [1.54, 1.807) is 35.9 Å². The van der Waals surface area contributed by atoms with E-state index in [4.69, 9.17) is 33.0 Å². The normalized spacial score (nSPS) is 15.2. The van der Waals surface area contributed by atoms with E-state index in [1.165, 1.54) is 12.1 Å². The van der Waals surface area contributed by atoms with Crippen LogP contribution in [-0.2, 0) is 17.3 Å². The number of fused-ring (bicyclic) bond motifs is 1. The minimum atomic E-state index is -1.000. The zero-order valence-corrected chi connectivity index (χ0v) is 16.3. The Balaban J connectivity index is 1.67. The predicted molar refractivity (Wildman–Crippen MR) is 106 cm³/mol. The number of hydrogen-bond donors (Lipinski definition) is 2. The molecule has 1 fully saturated rings. The highest BCUT2D eigenvalue weighted by atomic mass is 35.5. The van der Waals surface area contributed by atoms with Crippen LogP contribution in [0.5, 0.6) is 0 Å². The number of carbonyl (C=O) groups is 2. The maximum Gasteiger partial charge on any atom is 0.335 e. The lowest BCUT2D eigenvalue weighted by Crippen LogP contribution is -2.59. The number of aromatic carboxylic acids is 1. The first kappa shape index (κ1) is 18.8. The molecule has 0 atom stereocenters. The van der Waals surface area contributed by atoms with Gasteiger partial charge in [-0.15, -0.1) is 0 Å². The standard InChI is InChI=1S/C20H16Cl2N2O4/c1-24-15-7-6-14(21)17(22)13(15)8-16(24)18(25)23-20(9-28-10-20)12-4-2-11(3-5-12)19(26)27/h2-8H,9-10H2,1H3,(H,23,25)(H,26,27). The molecule has 0 radical (unpaired) electrons. The van der Waals surface area contributed by atoms with E-state index in [9.17, 15) is 9.59 Å². The molecule has 0 saturated carbocycles. The number of carbonyl (C=O) groups excluding carboxylic acids is 1. The molecule has 1 saturated heterocycles. The van der Waals surface area contributed by atoms with E-state index >= 15 is 0 Å². The third-order valence-corrected chi connectivity index (χ3v) is 5.90. The van der Waals surface area contributed by atoms with Crippen LogP contribution in [0.25, 0.3) is 10.9 Å². The second-order valence-corrected chi connectivity index (χ2v) is 7.58. The number of hydrogen-bond acceptors (Lipinski definition) is 3. The SMILES string of the molecule is Cn1c(C(=O)NC2(c3ccc(C(=O)O)cc3)COC2)cc2c(Cl)c(Cl)ccc21. The molecule has 3 aromatic rings. The quantitative estimate of drug-likeness (QED) is 0.674. The Morgan fingerprint density at radius 1 is 1.14 bits per heavy atom. The average Bonchev–Trinajstić information content (AvgIpc) is 2.99. The summed E-state index contributed by atoms with van der Waals surface area (Å²) in [4.78, 5) is 24.1. The first-order valence-electron chi connectivity index (χ1n) is 8.50. The van der Waals surface area contributed by atoms with Crippen molar-refractivity contribution in [1.29, 1.82) is 0 Å². The van der Waals surface area contributed by atoms with Crippen LogP contribution in [0.15, 0.2) is 42.5 Å². The highest BCUT2D eigenvalue weighted by molar-refractivity contribution is 6.45. The molecular formula is C20H16Cl2N2O4. The van der Waals surface area contributed by atoms with Crippen molar-refractivity contribution in [3.63, 3.8) is 0 Å². The summed E-state index contributed by atoms with van der Waals surface area (Å²) < 4.78 is 7.11. The van der Waals surface area contributed by atoms with Gasteiger partial charge < -0.3 is 19.7 Å². The van der Waals surface area contributed by atoms with Crippen molar-refractivity contribution in [1.82, 2.24) is 9.88 Å². The van der Waals surface area contributed by atoms with Gasteiger partial charge in [0.25, 0.3) is 5.91 Å². The van der Waals surface area contributed by atoms with Gasteiger partial charge in [-0.25, -0.2) is 4.79 Å². The number of amides is 1. The Labute approximate surface area is 170 Å². The number of aromatic nitrogens is 1. The van der Waals surface area contributed by atoms with Gasteiger partial charge in [-0.1, -0.05) is 35.3 Å². The van der Waals surface area contributed by atoms with Crippen LogP contribution in [0, 0.1) is 0 Å². The maximum absolute atomic E-state index is 13.0. The lowest BCUT2D eigenvalue weighted by atomic mass is 9.87. The fraction of sp³-hybridized carbons (Fsp3) is 0.200. The second-order valence-electron chi connectivity index (χ2n) is 6.79. The Bertz CT molecular complexity index is 1100. The van der Waals surface area contributed by atoms with E-state index in [0.29, 0.717) is 34.3 Å². The first-order valence-corrected chi connectivity index (χ1v) is 9.25.